The molecule has 1 aliphatic carbocycles. The van der Waals surface area contributed by atoms with Crippen LogP contribution in [-0.2, 0) is 17.6 Å². The number of alkyl halides is 2. The summed E-state index contributed by atoms with van der Waals surface area (Å²) in [4.78, 5) is 14.3. The Morgan fingerprint density at radius 3 is 2.94 bits per heavy atom. The van der Waals surface area contributed by atoms with Gasteiger partial charge in [0, 0.05) is 12.1 Å². The number of aromatic amines is 1. The van der Waals surface area contributed by atoms with E-state index in [4.69, 9.17) is 4.74 Å². The van der Waals surface area contributed by atoms with E-state index in [-0.39, 0.29) is 31.6 Å². The van der Waals surface area contributed by atoms with Crippen molar-refractivity contribution >= 4 is 21.9 Å². The fourth-order valence-corrected chi connectivity index (χ4v) is 2.67. The maximum absolute atomic E-state index is 13.2. The van der Waals surface area contributed by atoms with Crippen LogP contribution in [0.1, 0.15) is 35.1 Å². The normalized spacial score (nSPS) is 17.6. The molecule has 0 aliphatic heterocycles. The fourth-order valence-electron chi connectivity index (χ4n) is 1.97. The van der Waals surface area contributed by atoms with Crippen molar-refractivity contribution in [2.75, 3.05) is 6.61 Å². The highest BCUT2D eigenvalue weighted by molar-refractivity contribution is 9.10. The summed E-state index contributed by atoms with van der Waals surface area (Å²) in [6.45, 7) is 1.95. The number of carbonyl (C=O) groups is 1. The van der Waals surface area contributed by atoms with Crippen molar-refractivity contribution in [1.82, 2.24) is 4.98 Å². The van der Waals surface area contributed by atoms with E-state index in [0.717, 1.165) is 5.56 Å². The summed E-state index contributed by atoms with van der Waals surface area (Å²) in [7, 11) is 0. The van der Waals surface area contributed by atoms with Gasteiger partial charge in [0.15, 0.2) is 0 Å². The first kappa shape index (κ1) is 12.5. The summed E-state index contributed by atoms with van der Waals surface area (Å²) in [5, 5.41) is 0. The number of ether oxygens (including phenoxy) is 1. The monoisotopic (exact) mass is 307 g/mol. The summed E-state index contributed by atoms with van der Waals surface area (Å²) in [6, 6.07) is 0. The van der Waals surface area contributed by atoms with Gasteiger partial charge >= 0.3 is 5.97 Å². The van der Waals surface area contributed by atoms with Crippen molar-refractivity contribution in [2.24, 2.45) is 0 Å². The molecular formula is C11H12BrF2NO2. The van der Waals surface area contributed by atoms with E-state index in [9.17, 15) is 13.6 Å². The van der Waals surface area contributed by atoms with Gasteiger partial charge in [-0.25, -0.2) is 13.6 Å². The van der Waals surface area contributed by atoms with Crippen LogP contribution < -0.4 is 0 Å². The molecule has 0 unspecified atom stereocenters. The molecule has 1 N–H and O–H groups in total. The van der Waals surface area contributed by atoms with Gasteiger partial charge in [0.25, 0.3) is 5.92 Å². The van der Waals surface area contributed by atoms with Gasteiger partial charge in [0.2, 0.25) is 0 Å². The standard InChI is InChI=1S/C11H12BrF2NO2/c1-2-17-10(16)9-8(12)6-3-4-11(13,14)5-7(6)15-9/h15H,2-5H2,1H3. The van der Waals surface area contributed by atoms with Gasteiger partial charge in [-0.2, -0.15) is 0 Å². The maximum atomic E-state index is 13.2. The molecule has 0 atom stereocenters. The summed E-state index contributed by atoms with van der Waals surface area (Å²) in [5.74, 6) is -3.21. The Balaban J connectivity index is 2.34. The zero-order valence-corrected chi connectivity index (χ0v) is 10.9. The average molecular weight is 308 g/mol. The minimum absolute atomic E-state index is 0.182. The Hall–Kier alpha value is -0.910. The Kier molecular flexibility index (Phi) is 3.25. The lowest BCUT2D eigenvalue weighted by atomic mass is 9.95. The van der Waals surface area contributed by atoms with Gasteiger partial charge in [-0.05, 0) is 34.8 Å². The van der Waals surface area contributed by atoms with Crippen LogP contribution in [0.15, 0.2) is 4.47 Å². The van der Waals surface area contributed by atoms with Gasteiger partial charge in [-0.3, -0.25) is 0 Å². The van der Waals surface area contributed by atoms with Crippen LogP contribution in [0.3, 0.4) is 0 Å². The molecule has 0 spiro atoms. The summed E-state index contributed by atoms with van der Waals surface area (Å²) >= 11 is 3.27. The van der Waals surface area contributed by atoms with Crippen LogP contribution in [-0.4, -0.2) is 23.5 Å². The molecule has 2 rings (SSSR count). The van der Waals surface area contributed by atoms with Crippen molar-refractivity contribution in [3.05, 3.63) is 21.4 Å². The van der Waals surface area contributed by atoms with Gasteiger partial charge in [0.1, 0.15) is 5.69 Å². The number of carbonyl (C=O) groups excluding carboxylic acids is 1. The Morgan fingerprint density at radius 1 is 1.59 bits per heavy atom. The number of H-pyrrole nitrogens is 1. The molecule has 0 aromatic carbocycles. The number of aromatic nitrogens is 1. The lowest BCUT2D eigenvalue weighted by molar-refractivity contribution is -0.0131. The zero-order chi connectivity index (χ0) is 12.6. The average Bonchev–Trinajstić information content (AvgIpc) is 2.54. The predicted octanol–water partition coefficient (Wildman–Crippen LogP) is 3.08. The van der Waals surface area contributed by atoms with E-state index < -0.39 is 11.9 Å². The first-order valence-corrected chi connectivity index (χ1v) is 6.18. The topological polar surface area (TPSA) is 42.1 Å². The van der Waals surface area contributed by atoms with E-state index in [0.29, 0.717) is 10.2 Å². The molecule has 1 aromatic rings. The molecule has 0 saturated carbocycles. The van der Waals surface area contributed by atoms with Crippen molar-refractivity contribution in [3.8, 4) is 0 Å². The minimum atomic E-state index is -2.69. The highest BCUT2D eigenvalue weighted by Crippen LogP contribution is 2.37. The SMILES string of the molecule is CCOC(=O)c1[nH]c2c(c1Br)CCC(F)(F)C2. The number of rotatable bonds is 2. The lowest BCUT2D eigenvalue weighted by Gasteiger charge is -2.21. The Morgan fingerprint density at radius 2 is 2.29 bits per heavy atom. The number of halogens is 3. The first-order chi connectivity index (χ1) is 7.94. The van der Waals surface area contributed by atoms with E-state index >= 15 is 0 Å². The van der Waals surface area contributed by atoms with Crippen LogP contribution in [0.2, 0.25) is 0 Å². The number of esters is 1. The molecule has 6 heteroatoms. The lowest BCUT2D eigenvalue weighted by Crippen LogP contribution is -2.25. The van der Waals surface area contributed by atoms with Gasteiger partial charge in [0.05, 0.1) is 17.5 Å². The van der Waals surface area contributed by atoms with Crippen LogP contribution in [0, 0.1) is 0 Å². The van der Waals surface area contributed by atoms with Crippen molar-refractivity contribution in [3.63, 3.8) is 0 Å². The van der Waals surface area contributed by atoms with E-state index in [1.54, 1.807) is 6.92 Å². The second kappa shape index (κ2) is 4.40. The van der Waals surface area contributed by atoms with Crippen molar-refractivity contribution in [1.29, 1.82) is 0 Å². The summed E-state index contributed by atoms with van der Waals surface area (Å²) in [5.41, 5.74) is 1.42. The molecule has 1 aliphatic rings. The molecule has 17 heavy (non-hydrogen) atoms. The number of nitrogens with one attached hydrogen (secondary N) is 1. The van der Waals surface area contributed by atoms with E-state index in [1.165, 1.54) is 0 Å². The smallest absolute Gasteiger partial charge is 0.355 e. The molecule has 0 amide bonds. The molecule has 94 valence electrons. The molecule has 0 bridgehead atoms. The Labute approximate surface area is 106 Å². The Bertz CT molecular complexity index is 457. The number of hydrogen-bond acceptors (Lipinski definition) is 2. The van der Waals surface area contributed by atoms with Crippen LogP contribution in [0.25, 0.3) is 0 Å². The summed E-state index contributed by atoms with van der Waals surface area (Å²) in [6.07, 6.45) is -0.266. The highest BCUT2D eigenvalue weighted by atomic mass is 79.9. The molecule has 0 fully saturated rings. The predicted molar refractivity (Wildman–Crippen MR) is 61.4 cm³/mol. The zero-order valence-electron chi connectivity index (χ0n) is 9.28. The first-order valence-electron chi connectivity index (χ1n) is 5.39. The van der Waals surface area contributed by atoms with E-state index in [2.05, 4.69) is 20.9 Å². The third-order valence-corrected chi connectivity index (χ3v) is 3.66. The van der Waals surface area contributed by atoms with Gasteiger partial charge < -0.3 is 9.72 Å². The van der Waals surface area contributed by atoms with Gasteiger partial charge in [-0.15, -0.1) is 0 Å². The third-order valence-electron chi connectivity index (χ3n) is 2.78. The van der Waals surface area contributed by atoms with Crippen LogP contribution >= 0.6 is 15.9 Å². The van der Waals surface area contributed by atoms with Crippen LogP contribution in [0.5, 0.6) is 0 Å². The number of hydrogen-bond donors (Lipinski definition) is 1. The molecular weight excluding hydrogens is 296 g/mol. The molecule has 3 nitrogen and oxygen atoms in total. The second-order valence-corrected chi connectivity index (χ2v) is 4.82. The third kappa shape index (κ3) is 2.36. The molecule has 1 heterocycles. The second-order valence-electron chi connectivity index (χ2n) is 4.02. The van der Waals surface area contributed by atoms with Crippen molar-refractivity contribution in [2.45, 2.75) is 32.1 Å². The quantitative estimate of drug-likeness (QED) is 0.853. The van der Waals surface area contributed by atoms with Crippen LogP contribution in [0.4, 0.5) is 8.78 Å². The fraction of sp³-hybridized carbons (Fsp3) is 0.545. The minimum Gasteiger partial charge on any atom is -0.461 e. The molecule has 0 radical (unpaired) electrons. The maximum Gasteiger partial charge on any atom is 0.355 e. The highest BCUT2D eigenvalue weighted by Gasteiger charge is 2.37. The largest absolute Gasteiger partial charge is 0.461 e. The van der Waals surface area contributed by atoms with Crippen molar-refractivity contribution < 1.29 is 18.3 Å². The van der Waals surface area contributed by atoms with Gasteiger partial charge in [-0.1, -0.05) is 0 Å². The van der Waals surface area contributed by atoms with E-state index in [1.807, 2.05) is 0 Å². The number of fused-ring (bicyclic) bond motifs is 1. The summed E-state index contributed by atoms with van der Waals surface area (Å²) < 4.78 is 31.9. The molecule has 1 aromatic heterocycles. The molecule has 0 saturated heterocycles.